The van der Waals surface area contributed by atoms with Gasteiger partial charge >= 0.3 is 12.0 Å². The second-order valence-electron chi connectivity index (χ2n) is 5.31. The zero-order valence-corrected chi connectivity index (χ0v) is 11.9. The molecule has 1 saturated heterocycles. The van der Waals surface area contributed by atoms with E-state index in [4.69, 9.17) is 9.84 Å². The van der Waals surface area contributed by atoms with E-state index in [9.17, 15) is 9.59 Å². The number of nitrogens with one attached hydrogen (secondary N) is 2. The van der Waals surface area contributed by atoms with Crippen LogP contribution < -0.4 is 10.6 Å². The van der Waals surface area contributed by atoms with Gasteiger partial charge in [0, 0.05) is 6.61 Å². The van der Waals surface area contributed by atoms with Gasteiger partial charge in [-0.05, 0) is 26.7 Å². The summed E-state index contributed by atoms with van der Waals surface area (Å²) in [5.74, 6) is -0.996. The maximum atomic E-state index is 11.9. The molecule has 0 saturated carbocycles. The lowest BCUT2D eigenvalue weighted by Crippen LogP contribution is -2.56. The maximum Gasteiger partial charge on any atom is 0.326 e. The molecule has 0 aromatic rings. The first kappa shape index (κ1) is 15.8. The molecule has 1 rings (SSSR count). The summed E-state index contributed by atoms with van der Waals surface area (Å²) in [6.07, 6.45) is 2.78. The van der Waals surface area contributed by atoms with Crippen molar-refractivity contribution in [3.63, 3.8) is 0 Å². The highest BCUT2D eigenvalue weighted by Gasteiger charge is 2.38. The van der Waals surface area contributed by atoms with Crippen molar-refractivity contribution in [2.75, 3.05) is 6.61 Å². The summed E-state index contributed by atoms with van der Waals surface area (Å²) in [4.78, 5) is 22.9. The molecule has 6 heteroatoms. The molecule has 1 fully saturated rings. The number of aliphatic carboxylic acids is 1. The number of ether oxygens (including phenoxy) is 1. The second kappa shape index (κ2) is 6.75. The summed E-state index contributed by atoms with van der Waals surface area (Å²) in [7, 11) is 0. The van der Waals surface area contributed by atoms with Gasteiger partial charge in [-0.15, -0.1) is 0 Å². The summed E-state index contributed by atoms with van der Waals surface area (Å²) < 4.78 is 5.43. The Bertz CT molecular complexity index is 335. The van der Waals surface area contributed by atoms with E-state index in [1.165, 1.54) is 0 Å². The average molecular weight is 272 g/mol. The van der Waals surface area contributed by atoms with E-state index in [0.29, 0.717) is 13.0 Å². The molecule has 3 atom stereocenters. The van der Waals surface area contributed by atoms with Crippen molar-refractivity contribution in [1.82, 2.24) is 10.6 Å². The van der Waals surface area contributed by atoms with Gasteiger partial charge < -0.3 is 20.5 Å². The van der Waals surface area contributed by atoms with Crippen LogP contribution >= 0.6 is 0 Å². The smallest absolute Gasteiger partial charge is 0.326 e. The first-order chi connectivity index (χ1) is 8.89. The Hall–Kier alpha value is -1.30. The van der Waals surface area contributed by atoms with Crippen molar-refractivity contribution in [3.8, 4) is 0 Å². The van der Waals surface area contributed by atoms with Crippen LogP contribution in [-0.4, -0.2) is 41.4 Å². The number of amides is 2. The monoisotopic (exact) mass is 272 g/mol. The largest absolute Gasteiger partial charge is 0.480 e. The minimum Gasteiger partial charge on any atom is -0.480 e. The van der Waals surface area contributed by atoms with Crippen molar-refractivity contribution in [2.24, 2.45) is 0 Å². The fourth-order valence-electron chi connectivity index (χ4n) is 2.12. The third kappa shape index (κ3) is 4.38. The van der Waals surface area contributed by atoms with Crippen LogP contribution in [0.4, 0.5) is 4.79 Å². The highest BCUT2D eigenvalue weighted by molar-refractivity contribution is 5.82. The molecule has 19 heavy (non-hydrogen) atoms. The highest BCUT2D eigenvalue weighted by atomic mass is 16.5. The molecule has 110 valence electrons. The van der Waals surface area contributed by atoms with E-state index in [0.717, 1.165) is 19.3 Å². The lowest BCUT2D eigenvalue weighted by molar-refractivity contribution is -0.139. The molecular formula is C13H24N2O4. The number of carbonyl (C=O) groups is 2. The summed E-state index contributed by atoms with van der Waals surface area (Å²) in [6, 6.07) is -1.27. The molecule has 0 aliphatic carbocycles. The molecule has 0 aromatic heterocycles. The molecule has 2 unspecified atom stereocenters. The van der Waals surface area contributed by atoms with Crippen LogP contribution in [0.5, 0.6) is 0 Å². The number of hydrogen-bond acceptors (Lipinski definition) is 3. The predicted octanol–water partition coefficient (Wildman–Crippen LogP) is 1.50. The van der Waals surface area contributed by atoms with Crippen LogP contribution in [0.2, 0.25) is 0 Å². The third-order valence-corrected chi connectivity index (χ3v) is 3.74. The quantitative estimate of drug-likeness (QED) is 0.683. The minimum atomic E-state index is -0.996. The van der Waals surface area contributed by atoms with E-state index in [2.05, 4.69) is 10.6 Å². The Morgan fingerprint density at radius 1 is 1.53 bits per heavy atom. The molecule has 0 spiro atoms. The van der Waals surface area contributed by atoms with Crippen LogP contribution in [0, 0.1) is 0 Å². The number of carboxylic acid groups (broad SMARTS) is 1. The van der Waals surface area contributed by atoms with Gasteiger partial charge in [0.1, 0.15) is 6.04 Å². The van der Waals surface area contributed by atoms with Gasteiger partial charge in [-0.25, -0.2) is 9.59 Å². The number of carbonyl (C=O) groups excluding carboxylic acids is 1. The number of carboxylic acids is 1. The predicted molar refractivity (Wildman–Crippen MR) is 71.1 cm³/mol. The lowest BCUT2D eigenvalue weighted by atomic mass is 9.95. The Labute approximate surface area is 113 Å². The zero-order valence-electron chi connectivity index (χ0n) is 11.9. The number of rotatable bonds is 6. The van der Waals surface area contributed by atoms with E-state index in [-0.39, 0.29) is 6.10 Å². The number of unbranched alkanes of at least 4 members (excludes halogenated alkanes) is 1. The summed E-state index contributed by atoms with van der Waals surface area (Å²) >= 11 is 0. The topological polar surface area (TPSA) is 87.7 Å². The van der Waals surface area contributed by atoms with Gasteiger partial charge in [0.15, 0.2) is 0 Å². The van der Waals surface area contributed by atoms with Crippen molar-refractivity contribution in [1.29, 1.82) is 0 Å². The van der Waals surface area contributed by atoms with E-state index >= 15 is 0 Å². The minimum absolute atomic E-state index is 0.0721. The Kier molecular flexibility index (Phi) is 5.60. The van der Waals surface area contributed by atoms with Crippen LogP contribution in [-0.2, 0) is 9.53 Å². The standard InChI is InChI=1S/C13H24N2O4/c1-4-5-6-10(11(16)17)14-12(18)15-13(3)7-8-19-9(13)2/h9-10H,4-8H2,1-3H3,(H,16,17)(H2,14,15,18)/t9?,10-,13?/m0/s1. The first-order valence-corrected chi connectivity index (χ1v) is 6.82. The van der Waals surface area contributed by atoms with Gasteiger partial charge in [0.05, 0.1) is 11.6 Å². The molecular weight excluding hydrogens is 248 g/mol. The van der Waals surface area contributed by atoms with Crippen LogP contribution in [0.15, 0.2) is 0 Å². The van der Waals surface area contributed by atoms with Gasteiger partial charge in [0.2, 0.25) is 0 Å². The van der Waals surface area contributed by atoms with Gasteiger partial charge in [-0.2, -0.15) is 0 Å². The fraction of sp³-hybridized carbons (Fsp3) is 0.846. The molecule has 0 bridgehead atoms. The maximum absolute atomic E-state index is 11.9. The Morgan fingerprint density at radius 2 is 2.21 bits per heavy atom. The molecule has 2 amide bonds. The fourth-order valence-corrected chi connectivity index (χ4v) is 2.12. The van der Waals surface area contributed by atoms with E-state index < -0.39 is 23.6 Å². The molecule has 3 N–H and O–H groups in total. The number of urea groups is 1. The van der Waals surface area contributed by atoms with Crippen molar-refractivity contribution < 1.29 is 19.4 Å². The van der Waals surface area contributed by atoms with E-state index in [1.54, 1.807) is 0 Å². The third-order valence-electron chi connectivity index (χ3n) is 3.74. The van der Waals surface area contributed by atoms with Gasteiger partial charge in [-0.1, -0.05) is 19.8 Å². The van der Waals surface area contributed by atoms with Crippen molar-refractivity contribution >= 4 is 12.0 Å². The Balaban J connectivity index is 2.50. The highest BCUT2D eigenvalue weighted by Crippen LogP contribution is 2.24. The number of hydrogen-bond donors (Lipinski definition) is 3. The van der Waals surface area contributed by atoms with Crippen molar-refractivity contribution in [3.05, 3.63) is 0 Å². The summed E-state index contributed by atoms with van der Waals surface area (Å²) in [5, 5.41) is 14.4. The molecule has 6 nitrogen and oxygen atoms in total. The van der Waals surface area contributed by atoms with Crippen LogP contribution in [0.1, 0.15) is 46.5 Å². The lowest BCUT2D eigenvalue weighted by Gasteiger charge is -2.29. The summed E-state index contributed by atoms with van der Waals surface area (Å²) in [5.41, 5.74) is -0.433. The molecule has 1 aliphatic rings. The Morgan fingerprint density at radius 3 is 2.68 bits per heavy atom. The molecule has 1 heterocycles. The SMILES string of the molecule is CCCC[C@H](NC(=O)NC1(C)CCOC1C)C(=O)O. The second-order valence-corrected chi connectivity index (χ2v) is 5.31. The molecule has 1 aliphatic heterocycles. The first-order valence-electron chi connectivity index (χ1n) is 6.82. The van der Waals surface area contributed by atoms with Crippen LogP contribution in [0.25, 0.3) is 0 Å². The molecule has 0 radical (unpaired) electrons. The van der Waals surface area contributed by atoms with Crippen LogP contribution in [0.3, 0.4) is 0 Å². The van der Waals surface area contributed by atoms with E-state index in [1.807, 2.05) is 20.8 Å². The summed E-state index contributed by atoms with van der Waals surface area (Å²) in [6.45, 7) is 6.40. The zero-order chi connectivity index (χ0) is 14.5. The average Bonchev–Trinajstić information content (AvgIpc) is 2.64. The van der Waals surface area contributed by atoms with Crippen molar-refractivity contribution in [2.45, 2.75) is 64.1 Å². The molecule has 0 aromatic carbocycles. The van der Waals surface area contributed by atoms with Gasteiger partial charge in [0.25, 0.3) is 0 Å². The normalized spacial score (nSPS) is 27.8. The van der Waals surface area contributed by atoms with Gasteiger partial charge in [-0.3, -0.25) is 0 Å².